The molecule has 1 heterocycles. The average molecular weight is 270 g/mol. The van der Waals surface area contributed by atoms with E-state index in [-0.39, 0.29) is 16.2 Å². The van der Waals surface area contributed by atoms with Crippen LogP contribution in [0.2, 0.25) is 0 Å². The molecule has 2 rings (SSSR count). The molecule has 4 heteroatoms. The molecule has 0 aromatic rings. The topological polar surface area (TPSA) is 55.1 Å². The predicted octanol–water partition coefficient (Wildman–Crippen LogP) is 2.44. The number of rotatable bonds is 4. The number of thioether (sulfide) groups is 1. The summed E-state index contributed by atoms with van der Waals surface area (Å²) in [6.07, 6.45) is 8.64. The third-order valence-corrected chi connectivity index (χ3v) is 5.86. The maximum atomic E-state index is 12.0. The Hall–Kier alpha value is -0.220. The van der Waals surface area contributed by atoms with Gasteiger partial charge in [-0.2, -0.15) is 11.8 Å². The van der Waals surface area contributed by atoms with E-state index in [9.17, 15) is 4.79 Å². The second kappa shape index (κ2) is 5.83. The molecule has 1 unspecified atom stereocenters. The lowest BCUT2D eigenvalue weighted by molar-refractivity contribution is -0.122. The van der Waals surface area contributed by atoms with Crippen molar-refractivity contribution in [3.05, 3.63) is 0 Å². The van der Waals surface area contributed by atoms with Crippen molar-refractivity contribution >= 4 is 17.7 Å². The Bertz CT molecular complexity index is 294. The van der Waals surface area contributed by atoms with Crippen molar-refractivity contribution < 1.29 is 4.79 Å². The summed E-state index contributed by atoms with van der Waals surface area (Å²) in [7, 11) is 0. The molecule has 3 N–H and O–H groups in total. The van der Waals surface area contributed by atoms with Gasteiger partial charge in [-0.1, -0.05) is 19.3 Å². The predicted molar refractivity (Wildman–Crippen MR) is 77.7 cm³/mol. The molecular weight excluding hydrogens is 244 g/mol. The van der Waals surface area contributed by atoms with E-state index in [1.54, 1.807) is 0 Å². The van der Waals surface area contributed by atoms with Crippen molar-refractivity contribution in [1.29, 1.82) is 0 Å². The van der Waals surface area contributed by atoms with Crippen molar-refractivity contribution in [2.75, 3.05) is 12.3 Å². The minimum atomic E-state index is -0.230. The lowest BCUT2D eigenvalue weighted by Gasteiger charge is -2.33. The van der Waals surface area contributed by atoms with Crippen LogP contribution >= 0.6 is 11.8 Å². The zero-order chi connectivity index (χ0) is 13.1. The molecule has 0 bridgehead atoms. The summed E-state index contributed by atoms with van der Waals surface area (Å²) in [6, 6.07) is 0. The number of nitrogens with one attached hydrogen (secondary N) is 1. The molecule has 0 spiro atoms. The minimum absolute atomic E-state index is 0.146. The maximum absolute atomic E-state index is 12.0. The first-order valence-electron chi connectivity index (χ1n) is 7.21. The zero-order valence-corrected chi connectivity index (χ0v) is 12.3. The van der Waals surface area contributed by atoms with E-state index >= 15 is 0 Å². The molecule has 1 aliphatic carbocycles. The Morgan fingerprint density at radius 1 is 1.22 bits per heavy atom. The van der Waals surface area contributed by atoms with Gasteiger partial charge in [-0.05, 0) is 38.4 Å². The number of carbonyl (C=O) groups is 1. The van der Waals surface area contributed by atoms with Gasteiger partial charge < -0.3 is 11.1 Å². The first-order valence-corrected chi connectivity index (χ1v) is 8.20. The fourth-order valence-electron chi connectivity index (χ4n) is 3.08. The summed E-state index contributed by atoms with van der Waals surface area (Å²) >= 11 is 1.99. The van der Waals surface area contributed by atoms with Gasteiger partial charge in [-0.25, -0.2) is 0 Å². The summed E-state index contributed by atoms with van der Waals surface area (Å²) in [6.45, 7) is 3.05. The van der Waals surface area contributed by atoms with Gasteiger partial charge in [0.25, 0.3) is 0 Å². The van der Waals surface area contributed by atoms with Crippen LogP contribution in [0.3, 0.4) is 0 Å². The highest BCUT2D eigenvalue weighted by Crippen LogP contribution is 2.37. The normalized spacial score (nSPS) is 31.2. The summed E-state index contributed by atoms with van der Waals surface area (Å²) in [5.74, 6) is 1.38. The summed E-state index contributed by atoms with van der Waals surface area (Å²) in [5.41, 5.74) is 6.08. The molecule has 0 aromatic heterocycles. The third-order valence-electron chi connectivity index (χ3n) is 4.32. The van der Waals surface area contributed by atoms with Gasteiger partial charge in [-0.15, -0.1) is 0 Å². The fourth-order valence-corrected chi connectivity index (χ4v) is 4.32. The van der Waals surface area contributed by atoms with E-state index in [2.05, 4.69) is 12.2 Å². The van der Waals surface area contributed by atoms with Crippen LogP contribution in [-0.4, -0.2) is 28.5 Å². The van der Waals surface area contributed by atoms with E-state index < -0.39 is 0 Å². The van der Waals surface area contributed by atoms with Crippen LogP contribution in [0.25, 0.3) is 0 Å². The van der Waals surface area contributed by atoms with Gasteiger partial charge in [-0.3, -0.25) is 4.79 Å². The number of hydrogen-bond acceptors (Lipinski definition) is 3. The molecule has 3 nitrogen and oxygen atoms in total. The standard InChI is InChI=1S/C14H26N2OS/c1-13(6-5-9-18-13)11-16-12(17)10-14(15)7-3-2-4-8-14/h2-11,15H2,1H3,(H,16,17). The maximum Gasteiger partial charge on any atom is 0.221 e. The lowest BCUT2D eigenvalue weighted by atomic mass is 9.80. The third kappa shape index (κ3) is 3.89. The molecule has 104 valence electrons. The molecule has 1 saturated heterocycles. The van der Waals surface area contributed by atoms with Gasteiger partial charge in [0, 0.05) is 23.3 Å². The molecule has 1 amide bonds. The molecule has 1 atom stereocenters. The molecule has 0 aromatic carbocycles. The highest BCUT2D eigenvalue weighted by Gasteiger charge is 2.32. The molecule has 2 fully saturated rings. The van der Waals surface area contributed by atoms with E-state index in [0.29, 0.717) is 6.42 Å². The quantitative estimate of drug-likeness (QED) is 0.825. The smallest absolute Gasteiger partial charge is 0.221 e. The van der Waals surface area contributed by atoms with Gasteiger partial charge in [0.1, 0.15) is 0 Å². The number of nitrogens with two attached hydrogens (primary N) is 1. The summed E-state index contributed by atoms with van der Waals surface area (Å²) in [4.78, 5) is 12.0. The van der Waals surface area contributed by atoms with Crippen LogP contribution in [0.1, 0.15) is 58.3 Å². The Kier molecular flexibility index (Phi) is 4.59. The Balaban J connectivity index is 1.74. The number of carbonyl (C=O) groups excluding carboxylic acids is 1. The van der Waals surface area contributed by atoms with E-state index in [4.69, 9.17) is 5.73 Å². The summed E-state index contributed by atoms with van der Waals surface area (Å²) in [5, 5.41) is 3.10. The molecule has 1 saturated carbocycles. The Morgan fingerprint density at radius 2 is 1.94 bits per heavy atom. The van der Waals surface area contributed by atoms with Crippen LogP contribution in [-0.2, 0) is 4.79 Å². The molecule has 2 aliphatic rings. The fraction of sp³-hybridized carbons (Fsp3) is 0.929. The largest absolute Gasteiger partial charge is 0.355 e. The van der Waals surface area contributed by atoms with Gasteiger partial charge >= 0.3 is 0 Å². The zero-order valence-electron chi connectivity index (χ0n) is 11.5. The van der Waals surface area contributed by atoms with Gasteiger partial charge in [0.2, 0.25) is 5.91 Å². The van der Waals surface area contributed by atoms with Crippen molar-refractivity contribution in [3.8, 4) is 0 Å². The van der Waals surface area contributed by atoms with Crippen LogP contribution in [0, 0.1) is 0 Å². The van der Waals surface area contributed by atoms with Crippen LogP contribution in [0.5, 0.6) is 0 Å². The van der Waals surface area contributed by atoms with Crippen LogP contribution in [0.15, 0.2) is 0 Å². The lowest BCUT2D eigenvalue weighted by Crippen LogP contribution is -2.47. The SMILES string of the molecule is CC1(CNC(=O)CC2(N)CCCCC2)CCCS1. The first-order chi connectivity index (χ1) is 8.52. The number of hydrogen-bond donors (Lipinski definition) is 2. The minimum Gasteiger partial charge on any atom is -0.355 e. The molecule has 18 heavy (non-hydrogen) atoms. The Morgan fingerprint density at radius 3 is 2.56 bits per heavy atom. The van der Waals surface area contributed by atoms with Crippen molar-refractivity contribution in [2.24, 2.45) is 5.73 Å². The summed E-state index contributed by atoms with van der Waals surface area (Å²) < 4.78 is 0.254. The highest BCUT2D eigenvalue weighted by molar-refractivity contribution is 8.00. The van der Waals surface area contributed by atoms with E-state index in [0.717, 1.165) is 19.4 Å². The first kappa shape index (κ1) is 14.2. The second-order valence-electron chi connectivity index (χ2n) is 6.28. The Labute approximate surface area is 115 Å². The molecular formula is C14H26N2OS. The monoisotopic (exact) mass is 270 g/mol. The van der Waals surface area contributed by atoms with E-state index in [1.165, 1.54) is 37.9 Å². The number of amides is 1. The van der Waals surface area contributed by atoms with Crippen molar-refractivity contribution in [1.82, 2.24) is 5.32 Å². The molecule has 0 radical (unpaired) electrons. The average Bonchev–Trinajstić information content (AvgIpc) is 2.75. The van der Waals surface area contributed by atoms with Gasteiger partial charge in [0.15, 0.2) is 0 Å². The van der Waals surface area contributed by atoms with Crippen LogP contribution in [0.4, 0.5) is 0 Å². The van der Waals surface area contributed by atoms with Crippen molar-refractivity contribution in [2.45, 2.75) is 68.6 Å². The van der Waals surface area contributed by atoms with Gasteiger partial charge in [0.05, 0.1) is 0 Å². The second-order valence-corrected chi connectivity index (χ2v) is 7.96. The highest BCUT2D eigenvalue weighted by atomic mass is 32.2. The van der Waals surface area contributed by atoms with E-state index in [1.807, 2.05) is 11.8 Å². The van der Waals surface area contributed by atoms with Crippen LogP contribution < -0.4 is 11.1 Å². The van der Waals surface area contributed by atoms with Crippen molar-refractivity contribution in [3.63, 3.8) is 0 Å². The molecule has 1 aliphatic heterocycles.